The molecule has 2 amide bonds. The van der Waals surface area contributed by atoms with E-state index in [-0.39, 0.29) is 24.3 Å². The molecule has 0 radical (unpaired) electrons. The van der Waals surface area contributed by atoms with Crippen LogP contribution in [0.1, 0.15) is 57.7 Å². The van der Waals surface area contributed by atoms with Crippen LogP contribution in [0.2, 0.25) is 0 Å². The Morgan fingerprint density at radius 2 is 1.48 bits per heavy atom. The Morgan fingerprint density at radius 1 is 0.900 bits per heavy atom. The molecule has 0 aliphatic carbocycles. The van der Waals surface area contributed by atoms with Gasteiger partial charge < -0.3 is 19.7 Å². The summed E-state index contributed by atoms with van der Waals surface area (Å²) in [5, 5.41) is 2.90. The molecule has 0 saturated carbocycles. The monoisotopic (exact) mass is 542 g/mol. The average Bonchev–Trinajstić information content (AvgIpc) is 3.33. The number of para-hydroxylation sites is 1. The van der Waals surface area contributed by atoms with E-state index in [4.69, 9.17) is 9.47 Å². The number of benzene rings is 3. The van der Waals surface area contributed by atoms with Gasteiger partial charge in [-0.3, -0.25) is 14.4 Å². The number of nitrogens with zero attached hydrogens (tertiary/aromatic N) is 1. The fourth-order valence-electron chi connectivity index (χ4n) is 4.80. The normalized spacial score (nSPS) is 15.2. The fourth-order valence-corrected chi connectivity index (χ4v) is 4.80. The van der Waals surface area contributed by atoms with Crippen molar-refractivity contribution in [2.75, 3.05) is 23.4 Å². The summed E-state index contributed by atoms with van der Waals surface area (Å²) in [7, 11) is 0. The zero-order chi connectivity index (χ0) is 28.9. The third kappa shape index (κ3) is 6.89. The number of carbonyl (C=O) groups is 3. The molecule has 0 spiro atoms. The first-order chi connectivity index (χ1) is 19.1. The Kier molecular flexibility index (Phi) is 8.93. The third-order valence-corrected chi connectivity index (χ3v) is 7.17. The molecule has 1 aliphatic heterocycles. The first kappa shape index (κ1) is 28.9. The molecule has 7 heteroatoms. The topological polar surface area (TPSA) is 84.9 Å². The Hall–Kier alpha value is -4.13. The SMILES string of the molecule is CCc1cccc(CC)c1NC(=O)COC(=O)[C@H]1CC(=O)N(c2ccc(Oc3ccc(C(C)(C)C)cc3)cc2)C1. The molecule has 1 saturated heterocycles. The molecule has 1 heterocycles. The maximum Gasteiger partial charge on any atom is 0.311 e. The van der Waals surface area contributed by atoms with Gasteiger partial charge in [0, 0.05) is 24.3 Å². The minimum absolute atomic E-state index is 0.0392. The van der Waals surface area contributed by atoms with Crippen LogP contribution in [0.3, 0.4) is 0 Å². The second-order valence-corrected chi connectivity index (χ2v) is 11.1. The largest absolute Gasteiger partial charge is 0.457 e. The van der Waals surface area contributed by atoms with Gasteiger partial charge in [-0.25, -0.2) is 0 Å². The maximum absolute atomic E-state index is 12.7. The Morgan fingerprint density at radius 3 is 2.02 bits per heavy atom. The first-order valence-corrected chi connectivity index (χ1v) is 13.8. The number of nitrogens with one attached hydrogen (secondary N) is 1. The second-order valence-electron chi connectivity index (χ2n) is 11.1. The van der Waals surface area contributed by atoms with Gasteiger partial charge in [0.25, 0.3) is 5.91 Å². The summed E-state index contributed by atoms with van der Waals surface area (Å²) in [4.78, 5) is 39.6. The number of hydrogen-bond acceptors (Lipinski definition) is 5. The molecule has 0 bridgehead atoms. The molecule has 1 atom stereocenters. The van der Waals surface area contributed by atoms with Gasteiger partial charge in [0.2, 0.25) is 5.91 Å². The number of amides is 2. The molecule has 7 nitrogen and oxygen atoms in total. The van der Waals surface area contributed by atoms with E-state index in [0.29, 0.717) is 11.4 Å². The number of aryl methyl sites for hydroxylation is 2. The van der Waals surface area contributed by atoms with Crippen molar-refractivity contribution in [2.24, 2.45) is 5.92 Å². The van der Waals surface area contributed by atoms with Crippen LogP contribution in [0.4, 0.5) is 11.4 Å². The smallest absolute Gasteiger partial charge is 0.311 e. The molecule has 4 rings (SSSR count). The molecular formula is C33H38N2O5. The van der Waals surface area contributed by atoms with Crippen LogP contribution in [0.25, 0.3) is 0 Å². The highest BCUT2D eigenvalue weighted by Gasteiger charge is 2.36. The third-order valence-electron chi connectivity index (χ3n) is 7.17. The first-order valence-electron chi connectivity index (χ1n) is 13.8. The van der Waals surface area contributed by atoms with E-state index in [1.807, 2.05) is 44.2 Å². The summed E-state index contributed by atoms with van der Waals surface area (Å²) in [5.74, 6) is -0.363. The van der Waals surface area contributed by atoms with Gasteiger partial charge in [-0.1, -0.05) is 65.0 Å². The fraction of sp³-hybridized carbons (Fsp3) is 0.364. The van der Waals surface area contributed by atoms with Crippen molar-refractivity contribution in [2.45, 2.75) is 59.3 Å². The summed E-state index contributed by atoms with van der Waals surface area (Å²) in [6.07, 6.45) is 1.60. The maximum atomic E-state index is 12.7. The van der Waals surface area contributed by atoms with Crippen LogP contribution < -0.4 is 15.0 Å². The highest BCUT2D eigenvalue weighted by Crippen LogP contribution is 2.30. The van der Waals surface area contributed by atoms with Crippen LogP contribution in [-0.4, -0.2) is 30.9 Å². The molecule has 40 heavy (non-hydrogen) atoms. The highest BCUT2D eigenvalue weighted by atomic mass is 16.5. The zero-order valence-corrected chi connectivity index (χ0v) is 24.0. The zero-order valence-electron chi connectivity index (χ0n) is 24.0. The standard InChI is InChI=1S/C33H38N2O5/c1-6-22-9-8-10-23(7-2)31(22)34-29(36)21-39-32(38)24-19-30(37)35(20-24)26-13-17-28(18-14-26)40-27-15-11-25(12-16-27)33(3,4)5/h8-18,24H,6-7,19-21H2,1-5H3,(H,34,36)/t24-/m0/s1. The van der Waals surface area contributed by atoms with Crippen LogP contribution in [0.5, 0.6) is 11.5 Å². The molecule has 0 unspecified atom stereocenters. The molecule has 3 aromatic rings. The van der Waals surface area contributed by atoms with Crippen LogP contribution >= 0.6 is 0 Å². The number of rotatable bonds is 9. The number of carbonyl (C=O) groups excluding carboxylic acids is 3. The second kappa shape index (κ2) is 12.4. The van der Waals surface area contributed by atoms with Crippen molar-refractivity contribution in [1.82, 2.24) is 0 Å². The summed E-state index contributed by atoms with van der Waals surface area (Å²) >= 11 is 0. The number of esters is 1. The van der Waals surface area contributed by atoms with E-state index in [9.17, 15) is 14.4 Å². The van der Waals surface area contributed by atoms with Crippen molar-refractivity contribution < 1.29 is 23.9 Å². The van der Waals surface area contributed by atoms with E-state index >= 15 is 0 Å². The number of anilines is 2. The Balaban J connectivity index is 1.31. The molecule has 210 valence electrons. The van der Waals surface area contributed by atoms with Crippen LogP contribution in [0, 0.1) is 5.92 Å². The minimum Gasteiger partial charge on any atom is -0.457 e. The Bertz CT molecular complexity index is 1330. The van der Waals surface area contributed by atoms with Gasteiger partial charge in [0.15, 0.2) is 6.61 Å². The van der Waals surface area contributed by atoms with Crippen molar-refractivity contribution in [3.63, 3.8) is 0 Å². The molecule has 1 aliphatic rings. The van der Waals surface area contributed by atoms with Gasteiger partial charge in [0.05, 0.1) is 5.92 Å². The predicted octanol–water partition coefficient (Wildman–Crippen LogP) is 6.44. The van der Waals surface area contributed by atoms with E-state index in [1.54, 1.807) is 29.2 Å². The van der Waals surface area contributed by atoms with Gasteiger partial charge in [-0.05, 0) is 71.3 Å². The van der Waals surface area contributed by atoms with Crippen LogP contribution in [0.15, 0.2) is 66.7 Å². The molecule has 1 fully saturated rings. The van der Waals surface area contributed by atoms with E-state index < -0.39 is 24.4 Å². The van der Waals surface area contributed by atoms with Crippen LogP contribution in [-0.2, 0) is 37.4 Å². The average molecular weight is 543 g/mol. The van der Waals surface area contributed by atoms with E-state index in [1.165, 1.54) is 5.56 Å². The van der Waals surface area contributed by atoms with Gasteiger partial charge in [-0.15, -0.1) is 0 Å². The van der Waals surface area contributed by atoms with Gasteiger partial charge >= 0.3 is 5.97 Å². The quantitative estimate of drug-likeness (QED) is 0.315. The summed E-state index contributed by atoms with van der Waals surface area (Å²) in [5.41, 5.74) is 4.82. The lowest BCUT2D eigenvalue weighted by Gasteiger charge is -2.19. The summed E-state index contributed by atoms with van der Waals surface area (Å²) < 4.78 is 11.3. The molecular weight excluding hydrogens is 504 g/mol. The lowest BCUT2D eigenvalue weighted by molar-refractivity contribution is -0.151. The summed E-state index contributed by atoms with van der Waals surface area (Å²) in [6, 6.07) is 21.1. The summed E-state index contributed by atoms with van der Waals surface area (Å²) in [6.45, 7) is 10.4. The molecule has 3 aromatic carbocycles. The van der Waals surface area contributed by atoms with Gasteiger partial charge in [0.1, 0.15) is 11.5 Å². The van der Waals surface area contributed by atoms with Gasteiger partial charge in [-0.2, -0.15) is 0 Å². The Labute approximate surface area is 236 Å². The predicted molar refractivity (Wildman–Crippen MR) is 157 cm³/mol. The lowest BCUT2D eigenvalue weighted by atomic mass is 9.87. The van der Waals surface area contributed by atoms with Crippen molar-refractivity contribution in [1.29, 1.82) is 0 Å². The van der Waals surface area contributed by atoms with Crippen molar-refractivity contribution in [3.8, 4) is 11.5 Å². The molecule has 0 aromatic heterocycles. The van der Waals surface area contributed by atoms with Crippen molar-refractivity contribution >= 4 is 29.2 Å². The highest BCUT2D eigenvalue weighted by molar-refractivity contribution is 6.00. The minimum atomic E-state index is -0.633. The lowest BCUT2D eigenvalue weighted by Crippen LogP contribution is -2.28. The number of hydrogen-bond donors (Lipinski definition) is 1. The van der Waals surface area contributed by atoms with E-state index in [2.05, 4.69) is 38.2 Å². The van der Waals surface area contributed by atoms with E-state index in [0.717, 1.165) is 35.4 Å². The molecule has 1 N–H and O–H groups in total. The number of ether oxygens (including phenoxy) is 2. The van der Waals surface area contributed by atoms with Crippen molar-refractivity contribution in [3.05, 3.63) is 83.4 Å².